The number of nitrogens with zero attached hydrogens (tertiary/aromatic N) is 1. The third-order valence-electron chi connectivity index (χ3n) is 4.04. The number of rotatable bonds is 11. The Morgan fingerprint density at radius 1 is 0.778 bits per heavy atom. The Bertz CT molecular complexity index is 685. The summed E-state index contributed by atoms with van der Waals surface area (Å²) >= 11 is 0. The largest absolute Gasteiger partial charge is 0.497 e. The van der Waals surface area contributed by atoms with Crippen molar-refractivity contribution in [2.45, 2.75) is 12.8 Å². The first kappa shape index (κ1) is 20.4. The minimum absolute atomic E-state index is 0.0756. The molecule has 0 unspecified atom stereocenters. The van der Waals surface area contributed by atoms with E-state index in [9.17, 15) is 4.79 Å². The van der Waals surface area contributed by atoms with Gasteiger partial charge >= 0.3 is 0 Å². The van der Waals surface area contributed by atoms with E-state index in [-0.39, 0.29) is 5.91 Å². The zero-order valence-corrected chi connectivity index (χ0v) is 16.1. The highest BCUT2D eigenvalue weighted by Crippen LogP contribution is 2.18. The summed E-state index contributed by atoms with van der Waals surface area (Å²) < 4.78 is 21.5. The molecule has 0 heterocycles. The summed E-state index contributed by atoms with van der Waals surface area (Å²) in [5.41, 5.74) is 0. The van der Waals surface area contributed by atoms with E-state index in [0.29, 0.717) is 32.6 Å². The van der Waals surface area contributed by atoms with Crippen molar-refractivity contribution < 1.29 is 23.7 Å². The van der Waals surface area contributed by atoms with Gasteiger partial charge in [-0.2, -0.15) is 0 Å². The smallest absolute Gasteiger partial charge is 0.222 e. The van der Waals surface area contributed by atoms with E-state index in [2.05, 4.69) is 0 Å². The molecule has 6 nitrogen and oxygen atoms in total. The van der Waals surface area contributed by atoms with E-state index >= 15 is 0 Å². The number of amides is 1. The topological polar surface area (TPSA) is 57.2 Å². The fourth-order valence-corrected chi connectivity index (χ4v) is 2.37. The average molecular weight is 373 g/mol. The third-order valence-corrected chi connectivity index (χ3v) is 4.04. The van der Waals surface area contributed by atoms with Crippen LogP contribution in [-0.2, 0) is 4.79 Å². The number of ether oxygens (including phenoxy) is 4. The predicted octanol–water partition coefficient (Wildman–Crippen LogP) is 3.40. The minimum atomic E-state index is 0.0756. The summed E-state index contributed by atoms with van der Waals surface area (Å²) in [5.74, 6) is 3.17. The molecule has 0 aromatic heterocycles. The zero-order chi connectivity index (χ0) is 19.5. The molecule has 2 aromatic carbocycles. The first-order valence-corrected chi connectivity index (χ1v) is 8.90. The molecule has 1 amide bonds. The number of benzene rings is 2. The van der Waals surface area contributed by atoms with Gasteiger partial charge in [0.15, 0.2) is 0 Å². The Kier molecular flexibility index (Phi) is 8.29. The van der Waals surface area contributed by atoms with Crippen LogP contribution in [0.4, 0.5) is 0 Å². The number of hydrogen-bond donors (Lipinski definition) is 0. The van der Waals surface area contributed by atoms with Gasteiger partial charge in [-0.15, -0.1) is 0 Å². The van der Waals surface area contributed by atoms with Crippen LogP contribution in [0.25, 0.3) is 0 Å². The first-order valence-electron chi connectivity index (χ1n) is 8.90. The molecule has 0 aliphatic carbocycles. The van der Waals surface area contributed by atoms with Gasteiger partial charge in [-0.05, 0) is 55.0 Å². The van der Waals surface area contributed by atoms with Gasteiger partial charge in [0.05, 0.1) is 27.4 Å². The van der Waals surface area contributed by atoms with E-state index in [1.165, 1.54) is 0 Å². The molecule has 2 rings (SSSR count). The maximum Gasteiger partial charge on any atom is 0.222 e. The lowest BCUT2D eigenvalue weighted by atomic mass is 10.3. The van der Waals surface area contributed by atoms with Crippen molar-refractivity contribution >= 4 is 5.91 Å². The lowest BCUT2D eigenvalue weighted by Crippen LogP contribution is -2.30. The van der Waals surface area contributed by atoms with E-state index in [1.807, 2.05) is 48.5 Å². The molecule has 0 bridgehead atoms. The molecular weight excluding hydrogens is 346 g/mol. The lowest BCUT2D eigenvalue weighted by Gasteiger charge is -2.17. The Labute approximate surface area is 160 Å². The number of carbonyl (C=O) groups excluding carboxylic acids is 1. The van der Waals surface area contributed by atoms with Crippen LogP contribution in [-0.4, -0.2) is 51.8 Å². The number of hydrogen-bond acceptors (Lipinski definition) is 5. The molecule has 0 aliphatic rings. The highest BCUT2D eigenvalue weighted by atomic mass is 16.5. The molecule has 146 valence electrons. The van der Waals surface area contributed by atoms with Crippen LogP contribution in [0.15, 0.2) is 48.5 Å². The normalized spacial score (nSPS) is 10.2. The number of likely N-dealkylation sites (N-methyl/N-ethyl adjacent to an activating group) is 1. The molecule has 0 fully saturated rings. The average Bonchev–Trinajstić information content (AvgIpc) is 2.71. The van der Waals surface area contributed by atoms with Crippen LogP contribution in [0.2, 0.25) is 0 Å². The maximum absolute atomic E-state index is 12.1. The van der Waals surface area contributed by atoms with Crippen LogP contribution in [0.3, 0.4) is 0 Å². The third kappa shape index (κ3) is 7.09. The molecule has 0 atom stereocenters. The summed E-state index contributed by atoms with van der Waals surface area (Å²) in [6.45, 7) is 1.47. The van der Waals surface area contributed by atoms with Gasteiger partial charge in [0.1, 0.15) is 29.6 Å². The highest BCUT2D eigenvalue weighted by molar-refractivity contribution is 5.75. The molecule has 0 saturated heterocycles. The van der Waals surface area contributed by atoms with Crippen molar-refractivity contribution in [3.63, 3.8) is 0 Å². The molecule has 0 spiro atoms. The second kappa shape index (κ2) is 11.0. The fourth-order valence-electron chi connectivity index (χ4n) is 2.37. The fraction of sp³-hybridized carbons (Fsp3) is 0.381. The Morgan fingerprint density at radius 3 is 1.70 bits per heavy atom. The Morgan fingerprint density at radius 2 is 1.22 bits per heavy atom. The van der Waals surface area contributed by atoms with Crippen molar-refractivity contribution in [2.75, 3.05) is 41.0 Å². The SMILES string of the molecule is COc1ccc(OCCCC(=O)N(C)CCOc2ccc(OC)cc2)cc1. The molecule has 2 aromatic rings. The minimum Gasteiger partial charge on any atom is -0.497 e. The van der Waals surface area contributed by atoms with Gasteiger partial charge in [0.25, 0.3) is 0 Å². The quantitative estimate of drug-likeness (QED) is 0.565. The predicted molar refractivity (Wildman–Crippen MR) is 104 cm³/mol. The standard InChI is InChI=1S/C21H27NO5/c1-22(14-16-27-20-12-8-18(25-3)9-13-20)21(23)5-4-15-26-19-10-6-17(24-2)7-11-19/h6-13H,4-5,14-16H2,1-3H3. The molecule has 6 heteroatoms. The van der Waals surface area contributed by atoms with E-state index in [1.54, 1.807) is 26.2 Å². The van der Waals surface area contributed by atoms with Crippen LogP contribution < -0.4 is 18.9 Å². The van der Waals surface area contributed by atoms with E-state index in [0.717, 1.165) is 23.0 Å². The molecule has 27 heavy (non-hydrogen) atoms. The van der Waals surface area contributed by atoms with Gasteiger partial charge in [-0.3, -0.25) is 4.79 Å². The molecule has 0 radical (unpaired) electrons. The summed E-state index contributed by atoms with van der Waals surface area (Å²) in [5, 5.41) is 0. The van der Waals surface area contributed by atoms with Gasteiger partial charge in [0.2, 0.25) is 5.91 Å². The lowest BCUT2D eigenvalue weighted by molar-refractivity contribution is -0.130. The zero-order valence-electron chi connectivity index (χ0n) is 16.1. The summed E-state index contributed by atoms with van der Waals surface area (Å²) in [4.78, 5) is 13.8. The van der Waals surface area contributed by atoms with E-state index in [4.69, 9.17) is 18.9 Å². The van der Waals surface area contributed by atoms with Gasteiger partial charge < -0.3 is 23.8 Å². The summed E-state index contributed by atoms with van der Waals surface area (Å²) in [6.07, 6.45) is 1.10. The second-order valence-corrected chi connectivity index (χ2v) is 5.97. The van der Waals surface area contributed by atoms with Crippen LogP contribution in [0.5, 0.6) is 23.0 Å². The molecule has 0 saturated carbocycles. The summed E-state index contributed by atoms with van der Waals surface area (Å²) in [7, 11) is 5.03. The van der Waals surface area contributed by atoms with Gasteiger partial charge in [-0.1, -0.05) is 0 Å². The second-order valence-electron chi connectivity index (χ2n) is 5.97. The van der Waals surface area contributed by atoms with Gasteiger partial charge in [0, 0.05) is 13.5 Å². The Balaban J connectivity index is 1.60. The van der Waals surface area contributed by atoms with E-state index < -0.39 is 0 Å². The number of carbonyl (C=O) groups is 1. The number of methoxy groups -OCH3 is 2. The van der Waals surface area contributed by atoms with Crippen LogP contribution in [0.1, 0.15) is 12.8 Å². The van der Waals surface area contributed by atoms with Crippen LogP contribution in [0, 0.1) is 0 Å². The summed E-state index contributed by atoms with van der Waals surface area (Å²) in [6, 6.07) is 14.8. The monoisotopic (exact) mass is 373 g/mol. The van der Waals surface area contributed by atoms with Crippen LogP contribution >= 0.6 is 0 Å². The first-order chi connectivity index (χ1) is 13.1. The van der Waals surface area contributed by atoms with Crippen molar-refractivity contribution in [2.24, 2.45) is 0 Å². The van der Waals surface area contributed by atoms with Gasteiger partial charge in [-0.25, -0.2) is 0 Å². The molecular formula is C21H27NO5. The Hall–Kier alpha value is -2.89. The molecule has 0 aliphatic heterocycles. The van der Waals surface area contributed by atoms with Crippen molar-refractivity contribution in [3.8, 4) is 23.0 Å². The maximum atomic E-state index is 12.1. The van der Waals surface area contributed by atoms with Crippen molar-refractivity contribution in [1.82, 2.24) is 4.90 Å². The highest BCUT2D eigenvalue weighted by Gasteiger charge is 2.08. The van der Waals surface area contributed by atoms with Crippen molar-refractivity contribution in [1.29, 1.82) is 0 Å². The molecule has 0 N–H and O–H groups in total. The van der Waals surface area contributed by atoms with Crippen molar-refractivity contribution in [3.05, 3.63) is 48.5 Å².